The van der Waals surface area contributed by atoms with Crippen molar-refractivity contribution in [1.29, 1.82) is 0 Å². The Labute approximate surface area is 163 Å². The number of hydrogen-bond acceptors (Lipinski definition) is 5. The second-order valence-electron chi connectivity index (χ2n) is 6.40. The number of thioether (sulfide) groups is 1. The van der Waals surface area contributed by atoms with Crippen LogP contribution in [0.2, 0.25) is 0 Å². The average Bonchev–Trinajstić information content (AvgIpc) is 3.26. The van der Waals surface area contributed by atoms with Crippen LogP contribution >= 0.6 is 11.8 Å². The van der Waals surface area contributed by atoms with Crippen molar-refractivity contribution in [3.05, 3.63) is 53.5 Å². The Bertz CT molecular complexity index is 914. The number of benzene rings is 1. The summed E-state index contributed by atoms with van der Waals surface area (Å²) in [6, 6.07) is 10.0. The largest absolute Gasteiger partial charge is 0.469 e. The molecule has 3 rings (SSSR count). The van der Waals surface area contributed by atoms with E-state index in [2.05, 4.69) is 15.5 Å². The summed E-state index contributed by atoms with van der Waals surface area (Å²) in [6.45, 7) is 9.10. The Morgan fingerprint density at radius 1 is 1.22 bits per heavy atom. The van der Waals surface area contributed by atoms with Gasteiger partial charge in [0.1, 0.15) is 5.76 Å². The number of aryl methyl sites for hydroxylation is 2. The molecule has 0 radical (unpaired) electrons. The van der Waals surface area contributed by atoms with Gasteiger partial charge in [-0.25, -0.2) is 0 Å². The lowest BCUT2D eigenvalue weighted by atomic mass is 10.1. The minimum atomic E-state index is -0.275. The molecule has 1 atom stereocenters. The minimum absolute atomic E-state index is 0.0210. The predicted octanol–water partition coefficient (Wildman–Crippen LogP) is 3.97. The number of hydrogen-bond donors (Lipinski definition) is 1. The highest BCUT2D eigenvalue weighted by atomic mass is 32.2. The number of furan rings is 1. The van der Waals surface area contributed by atoms with Crippen molar-refractivity contribution >= 4 is 17.7 Å². The summed E-state index contributed by atoms with van der Waals surface area (Å²) in [6.07, 6.45) is 1.65. The first-order valence-corrected chi connectivity index (χ1v) is 9.85. The van der Waals surface area contributed by atoms with E-state index in [9.17, 15) is 4.79 Å². The van der Waals surface area contributed by atoms with Crippen LogP contribution < -0.4 is 5.32 Å². The quantitative estimate of drug-likeness (QED) is 0.624. The van der Waals surface area contributed by atoms with E-state index in [-0.39, 0.29) is 11.2 Å². The van der Waals surface area contributed by atoms with Gasteiger partial charge in [-0.2, -0.15) is 0 Å². The maximum atomic E-state index is 12.5. The molecule has 27 heavy (non-hydrogen) atoms. The molecule has 0 saturated heterocycles. The summed E-state index contributed by atoms with van der Waals surface area (Å²) >= 11 is 1.41. The molecule has 0 fully saturated rings. The van der Waals surface area contributed by atoms with Crippen LogP contribution in [0, 0.1) is 13.8 Å². The Balaban J connectivity index is 1.65. The fourth-order valence-electron chi connectivity index (χ4n) is 2.73. The molecule has 3 aromatic rings. The van der Waals surface area contributed by atoms with Gasteiger partial charge in [0.05, 0.1) is 17.1 Å². The molecule has 0 aliphatic carbocycles. The third kappa shape index (κ3) is 4.42. The van der Waals surface area contributed by atoms with Crippen LogP contribution in [0.4, 0.5) is 0 Å². The number of nitrogens with zero attached hydrogens (tertiary/aromatic N) is 3. The second-order valence-corrected chi connectivity index (χ2v) is 7.71. The van der Waals surface area contributed by atoms with Crippen LogP contribution in [0.1, 0.15) is 30.7 Å². The monoisotopic (exact) mass is 384 g/mol. The standard InChI is InChI=1S/C20H24N4O2S/c1-5-24-18(17-10-11-26-14(17)3)22-23-20(24)27-15(4)19(25)21-12-16-8-6-13(2)7-9-16/h6-11,15H,5,12H2,1-4H3,(H,21,25)/t15-/m0/s1. The molecule has 0 aliphatic rings. The van der Waals surface area contributed by atoms with Crippen molar-refractivity contribution in [1.82, 2.24) is 20.1 Å². The summed E-state index contributed by atoms with van der Waals surface area (Å²) in [5.74, 6) is 1.54. The number of carbonyl (C=O) groups is 1. The Hall–Kier alpha value is -2.54. The number of rotatable bonds is 7. The van der Waals surface area contributed by atoms with Gasteiger partial charge in [-0.1, -0.05) is 41.6 Å². The molecule has 0 aliphatic heterocycles. The second kappa shape index (κ2) is 8.43. The molecule has 0 unspecified atom stereocenters. The zero-order valence-electron chi connectivity index (χ0n) is 16.0. The van der Waals surface area contributed by atoms with Gasteiger partial charge in [0.15, 0.2) is 11.0 Å². The average molecular weight is 385 g/mol. The van der Waals surface area contributed by atoms with Crippen LogP contribution in [-0.2, 0) is 17.9 Å². The molecule has 142 valence electrons. The van der Waals surface area contributed by atoms with Gasteiger partial charge in [0, 0.05) is 13.1 Å². The number of amides is 1. The molecule has 0 bridgehead atoms. The predicted molar refractivity (Wildman–Crippen MR) is 106 cm³/mol. The molecule has 1 amide bonds. The zero-order valence-corrected chi connectivity index (χ0v) is 16.8. The SMILES string of the molecule is CCn1c(S[C@@H](C)C(=O)NCc2ccc(C)cc2)nnc1-c1ccoc1C. The van der Waals surface area contributed by atoms with Gasteiger partial charge < -0.3 is 14.3 Å². The normalized spacial score (nSPS) is 12.1. The fraction of sp³-hybridized carbons (Fsp3) is 0.350. The first-order valence-electron chi connectivity index (χ1n) is 8.97. The van der Waals surface area contributed by atoms with Crippen LogP contribution in [0.3, 0.4) is 0 Å². The number of carbonyl (C=O) groups excluding carboxylic acids is 1. The molecule has 2 heterocycles. The van der Waals surface area contributed by atoms with E-state index in [0.29, 0.717) is 13.1 Å². The summed E-state index contributed by atoms with van der Waals surface area (Å²) < 4.78 is 7.38. The Morgan fingerprint density at radius 2 is 1.96 bits per heavy atom. The van der Waals surface area contributed by atoms with Crippen LogP contribution in [-0.4, -0.2) is 25.9 Å². The van der Waals surface area contributed by atoms with Gasteiger partial charge in [0.25, 0.3) is 0 Å². The summed E-state index contributed by atoms with van der Waals surface area (Å²) in [5, 5.41) is 12.0. The van der Waals surface area contributed by atoms with E-state index in [1.807, 2.05) is 62.6 Å². The smallest absolute Gasteiger partial charge is 0.233 e. The van der Waals surface area contributed by atoms with Gasteiger partial charge >= 0.3 is 0 Å². The van der Waals surface area contributed by atoms with E-state index >= 15 is 0 Å². The molecule has 2 aromatic heterocycles. The topological polar surface area (TPSA) is 73.0 Å². The summed E-state index contributed by atoms with van der Waals surface area (Å²) in [5.41, 5.74) is 3.21. The van der Waals surface area contributed by atoms with E-state index in [1.54, 1.807) is 6.26 Å². The Kier molecular flexibility index (Phi) is 6.01. The molecular formula is C20H24N4O2S. The molecular weight excluding hydrogens is 360 g/mol. The zero-order chi connectivity index (χ0) is 19.4. The number of aromatic nitrogens is 3. The fourth-order valence-corrected chi connectivity index (χ4v) is 3.66. The maximum absolute atomic E-state index is 12.5. The highest BCUT2D eigenvalue weighted by Gasteiger charge is 2.21. The molecule has 0 spiro atoms. The van der Waals surface area contributed by atoms with Crippen molar-refractivity contribution < 1.29 is 9.21 Å². The summed E-state index contributed by atoms with van der Waals surface area (Å²) in [7, 11) is 0. The molecule has 1 N–H and O–H groups in total. The van der Waals surface area contributed by atoms with Gasteiger partial charge in [-0.15, -0.1) is 10.2 Å². The van der Waals surface area contributed by atoms with Crippen molar-refractivity contribution in [2.24, 2.45) is 0 Å². The first-order chi connectivity index (χ1) is 13.0. The number of nitrogens with one attached hydrogen (secondary N) is 1. The lowest BCUT2D eigenvalue weighted by Gasteiger charge is -2.13. The first kappa shape index (κ1) is 19.2. The van der Waals surface area contributed by atoms with Gasteiger partial charge in [-0.05, 0) is 39.3 Å². The van der Waals surface area contributed by atoms with Crippen molar-refractivity contribution in [2.45, 2.75) is 51.2 Å². The highest BCUT2D eigenvalue weighted by molar-refractivity contribution is 8.00. The highest BCUT2D eigenvalue weighted by Crippen LogP contribution is 2.28. The maximum Gasteiger partial charge on any atom is 0.233 e. The van der Waals surface area contributed by atoms with E-state index in [4.69, 9.17) is 4.42 Å². The molecule has 6 nitrogen and oxygen atoms in total. The van der Waals surface area contributed by atoms with Gasteiger partial charge in [-0.3, -0.25) is 4.79 Å². The van der Waals surface area contributed by atoms with Crippen molar-refractivity contribution in [2.75, 3.05) is 0 Å². The van der Waals surface area contributed by atoms with E-state index in [0.717, 1.165) is 27.9 Å². The van der Waals surface area contributed by atoms with Gasteiger partial charge in [0.2, 0.25) is 5.91 Å². The summed E-state index contributed by atoms with van der Waals surface area (Å²) in [4.78, 5) is 12.5. The third-order valence-corrected chi connectivity index (χ3v) is 5.45. The van der Waals surface area contributed by atoms with Crippen LogP contribution in [0.25, 0.3) is 11.4 Å². The van der Waals surface area contributed by atoms with E-state index < -0.39 is 0 Å². The van der Waals surface area contributed by atoms with Crippen molar-refractivity contribution in [3.63, 3.8) is 0 Å². The van der Waals surface area contributed by atoms with E-state index in [1.165, 1.54) is 17.3 Å². The molecule has 0 saturated carbocycles. The minimum Gasteiger partial charge on any atom is -0.469 e. The van der Waals surface area contributed by atoms with Crippen LogP contribution in [0.5, 0.6) is 0 Å². The molecule has 7 heteroatoms. The van der Waals surface area contributed by atoms with Crippen molar-refractivity contribution in [3.8, 4) is 11.4 Å². The third-order valence-electron chi connectivity index (χ3n) is 4.37. The molecule has 1 aromatic carbocycles. The lowest BCUT2D eigenvalue weighted by Crippen LogP contribution is -2.30. The lowest BCUT2D eigenvalue weighted by molar-refractivity contribution is -0.120. The van der Waals surface area contributed by atoms with Crippen LogP contribution in [0.15, 0.2) is 46.2 Å². The Morgan fingerprint density at radius 3 is 2.59 bits per heavy atom.